The number of carbonyl (C=O) groups is 1. The SMILES string of the molecule is Cc1nc2ccccc2c(=O)n1-c1ccc(C(=O)NCCc2ccc3c(c2)CCO3)cc1. The van der Waals surface area contributed by atoms with Crippen LogP contribution < -0.4 is 15.6 Å². The van der Waals surface area contributed by atoms with Gasteiger partial charge in [0.05, 0.1) is 23.2 Å². The molecule has 6 heteroatoms. The summed E-state index contributed by atoms with van der Waals surface area (Å²) in [5.74, 6) is 1.43. The summed E-state index contributed by atoms with van der Waals surface area (Å²) < 4.78 is 7.11. The molecule has 0 spiro atoms. The van der Waals surface area contributed by atoms with E-state index in [-0.39, 0.29) is 11.5 Å². The van der Waals surface area contributed by atoms with Crippen molar-refractivity contribution < 1.29 is 9.53 Å². The number of nitrogens with zero attached hydrogens (tertiary/aromatic N) is 2. The Hall–Kier alpha value is -3.93. The van der Waals surface area contributed by atoms with Gasteiger partial charge >= 0.3 is 0 Å². The summed E-state index contributed by atoms with van der Waals surface area (Å²) in [5.41, 5.74) is 4.21. The molecule has 0 fully saturated rings. The van der Waals surface area contributed by atoms with Crippen molar-refractivity contribution in [2.45, 2.75) is 19.8 Å². The molecule has 5 rings (SSSR count). The maximum atomic E-state index is 13.0. The van der Waals surface area contributed by atoms with Gasteiger partial charge in [-0.1, -0.05) is 24.3 Å². The lowest BCUT2D eigenvalue weighted by Crippen LogP contribution is -2.26. The van der Waals surface area contributed by atoms with Crippen molar-refractivity contribution >= 4 is 16.8 Å². The Kier molecular flexibility index (Phi) is 5.19. The molecule has 0 unspecified atom stereocenters. The van der Waals surface area contributed by atoms with Gasteiger partial charge in [-0.2, -0.15) is 0 Å². The van der Waals surface area contributed by atoms with Crippen molar-refractivity contribution in [3.05, 3.63) is 99.6 Å². The molecule has 3 aromatic carbocycles. The Morgan fingerprint density at radius 1 is 1.09 bits per heavy atom. The standard InChI is InChI=1S/C26H23N3O3/c1-17-28-23-5-3-2-4-22(23)26(31)29(17)21-9-7-19(8-10-21)25(30)27-14-12-18-6-11-24-20(16-18)13-15-32-24/h2-11,16H,12-15H2,1H3,(H,27,30). The largest absolute Gasteiger partial charge is 0.493 e. The zero-order chi connectivity index (χ0) is 22.1. The molecule has 0 saturated heterocycles. The summed E-state index contributed by atoms with van der Waals surface area (Å²) >= 11 is 0. The van der Waals surface area contributed by atoms with E-state index < -0.39 is 0 Å². The number of rotatable bonds is 5. The van der Waals surface area contributed by atoms with Gasteiger partial charge in [-0.05, 0) is 66.9 Å². The molecule has 0 saturated carbocycles. The third kappa shape index (κ3) is 3.75. The van der Waals surface area contributed by atoms with E-state index in [0.717, 1.165) is 25.2 Å². The van der Waals surface area contributed by atoms with Crippen LogP contribution in [0.15, 0.2) is 71.5 Å². The number of ether oxygens (including phenoxy) is 1. The van der Waals surface area contributed by atoms with Gasteiger partial charge in [-0.25, -0.2) is 4.98 Å². The minimum atomic E-state index is -0.137. The first-order valence-corrected chi connectivity index (χ1v) is 10.7. The van der Waals surface area contributed by atoms with Crippen LogP contribution in [-0.2, 0) is 12.8 Å². The molecular weight excluding hydrogens is 402 g/mol. The molecule has 0 radical (unpaired) electrons. The first-order valence-electron chi connectivity index (χ1n) is 10.7. The lowest BCUT2D eigenvalue weighted by molar-refractivity contribution is 0.0954. The first-order chi connectivity index (χ1) is 15.6. The fourth-order valence-electron chi connectivity index (χ4n) is 4.13. The van der Waals surface area contributed by atoms with Crippen LogP contribution in [0.4, 0.5) is 0 Å². The van der Waals surface area contributed by atoms with Gasteiger partial charge in [0.1, 0.15) is 11.6 Å². The van der Waals surface area contributed by atoms with E-state index in [4.69, 9.17) is 4.74 Å². The smallest absolute Gasteiger partial charge is 0.265 e. The highest BCUT2D eigenvalue weighted by Crippen LogP contribution is 2.25. The summed E-state index contributed by atoms with van der Waals surface area (Å²) in [6.45, 7) is 3.10. The van der Waals surface area contributed by atoms with Crippen molar-refractivity contribution in [1.29, 1.82) is 0 Å². The topological polar surface area (TPSA) is 73.2 Å². The number of nitrogens with one attached hydrogen (secondary N) is 1. The van der Waals surface area contributed by atoms with Crippen LogP contribution in [0.1, 0.15) is 27.3 Å². The summed E-state index contributed by atoms with van der Waals surface area (Å²) in [6, 6.07) is 20.5. The number of amides is 1. The van der Waals surface area contributed by atoms with Gasteiger partial charge < -0.3 is 10.1 Å². The van der Waals surface area contributed by atoms with Gasteiger partial charge in [-0.3, -0.25) is 14.2 Å². The fourth-order valence-corrected chi connectivity index (χ4v) is 4.13. The first kappa shape index (κ1) is 20.0. The van der Waals surface area contributed by atoms with Crippen molar-refractivity contribution in [2.24, 2.45) is 0 Å². The highest BCUT2D eigenvalue weighted by atomic mass is 16.5. The Morgan fingerprint density at radius 2 is 1.91 bits per heavy atom. The highest BCUT2D eigenvalue weighted by Gasteiger charge is 2.13. The maximum Gasteiger partial charge on any atom is 0.265 e. The second kappa shape index (κ2) is 8.30. The molecule has 32 heavy (non-hydrogen) atoms. The van der Waals surface area contributed by atoms with E-state index in [9.17, 15) is 9.59 Å². The molecule has 2 heterocycles. The predicted octanol–water partition coefficient (Wildman–Crippen LogP) is 3.60. The van der Waals surface area contributed by atoms with Crippen LogP contribution in [-0.4, -0.2) is 28.6 Å². The second-order valence-corrected chi connectivity index (χ2v) is 7.91. The average Bonchev–Trinajstić information content (AvgIpc) is 3.27. The monoisotopic (exact) mass is 425 g/mol. The summed E-state index contributed by atoms with van der Waals surface area (Å²) in [6.07, 6.45) is 1.70. The molecule has 1 amide bonds. The quantitative estimate of drug-likeness (QED) is 0.530. The number of aromatic nitrogens is 2. The normalized spacial score (nSPS) is 12.4. The molecule has 1 aromatic heterocycles. The molecule has 160 valence electrons. The Labute approximate surface area is 185 Å². The van der Waals surface area contributed by atoms with E-state index >= 15 is 0 Å². The van der Waals surface area contributed by atoms with E-state index in [1.807, 2.05) is 30.3 Å². The molecule has 0 aliphatic carbocycles. The van der Waals surface area contributed by atoms with Crippen LogP contribution in [0.25, 0.3) is 16.6 Å². The van der Waals surface area contributed by atoms with Crippen LogP contribution in [0.3, 0.4) is 0 Å². The zero-order valence-corrected chi connectivity index (χ0v) is 17.8. The van der Waals surface area contributed by atoms with E-state index in [1.165, 1.54) is 11.1 Å². The van der Waals surface area contributed by atoms with Crippen molar-refractivity contribution in [3.8, 4) is 11.4 Å². The van der Waals surface area contributed by atoms with Crippen LogP contribution in [0.5, 0.6) is 5.75 Å². The van der Waals surface area contributed by atoms with Crippen LogP contribution in [0.2, 0.25) is 0 Å². The number of carbonyl (C=O) groups excluding carboxylic acids is 1. The second-order valence-electron chi connectivity index (χ2n) is 7.91. The zero-order valence-electron chi connectivity index (χ0n) is 17.8. The van der Waals surface area contributed by atoms with Gasteiger partial charge in [-0.15, -0.1) is 0 Å². The molecule has 6 nitrogen and oxygen atoms in total. The number of fused-ring (bicyclic) bond motifs is 2. The maximum absolute atomic E-state index is 13.0. The molecule has 1 aliphatic heterocycles. The average molecular weight is 425 g/mol. The Balaban J connectivity index is 1.28. The molecular formula is C26H23N3O3. The third-order valence-corrected chi connectivity index (χ3v) is 5.78. The van der Waals surface area contributed by atoms with E-state index in [0.29, 0.717) is 34.5 Å². The van der Waals surface area contributed by atoms with E-state index in [2.05, 4.69) is 16.4 Å². The number of aryl methyl sites for hydroxylation is 1. The molecule has 1 aliphatic rings. The van der Waals surface area contributed by atoms with Crippen molar-refractivity contribution in [1.82, 2.24) is 14.9 Å². The number of para-hydroxylation sites is 1. The highest BCUT2D eigenvalue weighted by molar-refractivity contribution is 5.94. The molecule has 0 atom stereocenters. The van der Waals surface area contributed by atoms with E-state index in [1.54, 1.807) is 41.8 Å². The predicted molar refractivity (Wildman–Crippen MR) is 124 cm³/mol. The summed E-state index contributed by atoms with van der Waals surface area (Å²) in [5, 5.41) is 3.54. The minimum Gasteiger partial charge on any atom is -0.493 e. The Bertz CT molecular complexity index is 1370. The Morgan fingerprint density at radius 3 is 2.75 bits per heavy atom. The van der Waals surface area contributed by atoms with Gasteiger partial charge in [0.15, 0.2) is 0 Å². The number of hydrogen-bond donors (Lipinski definition) is 1. The van der Waals surface area contributed by atoms with Gasteiger partial charge in [0.2, 0.25) is 0 Å². The van der Waals surface area contributed by atoms with Gasteiger partial charge in [0.25, 0.3) is 11.5 Å². The summed E-state index contributed by atoms with van der Waals surface area (Å²) in [7, 11) is 0. The van der Waals surface area contributed by atoms with Gasteiger partial charge in [0, 0.05) is 18.5 Å². The summed E-state index contributed by atoms with van der Waals surface area (Å²) in [4.78, 5) is 30.1. The van der Waals surface area contributed by atoms with Crippen LogP contribution in [0, 0.1) is 6.92 Å². The third-order valence-electron chi connectivity index (χ3n) is 5.78. The number of hydrogen-bond acceptors (Lipinski definition) is 4. The molecule has 0 bridgehead atoms. The minimum absolute atomic E-state index is 0.120. The fraction of sp³-hybridized carbons (Fsp3) is 0.192. The van der Waals surface area contributed by atoms with Crippen molar-refractivity contribution in [2.75, 3.05) is 13.2 Å². The van der Waals surface area contributed by atoms with Crippen molar-refractivity contribution in [3.63, 3.8) is 0 Å². The molecule has 4 aromatic rings. The lowest BCUT2D eigenvalue weighted by atomic mass is 10.1. The van der Waals surface area contributed by atoms with Crippen LogP contribution >= 0.6 is 0 Å². The lowest BCUT2D eigenvalue weighted by Gasteiger charge is -2.12. The number of benzene rings is 3. The molecule has 1 N–H and O–H groups in total.